The average Bonchev–Trinajstić information content (AvgIpc) is 2.78. The number of methoxy groups -OCH3 is 1. The molecule has 2 aromatic carbocycles. The summed E-state index contributed by atoms with van der Waals surface area (Å²) in [4.78, 5) is 27.7. The first-order chi connectivity index (χ1) is 14.9. The molecule has 2 atom stereocenters. The molecule has 0 unspecified atom stereocenters. The van der Waals surface area contributed by atoms with Crippen molar-refractivity contribution in [3.8, 4) is 11.5 Å². The number of carbonyl (C=O) groups is 2. The molecule has 0 fully saturated rings. The number of ether oxygens (including phenoxy) is 2. The molecule has 0 aromatic heterocycles. The Kier molecular flexibility index (Phi) is 9.66. The zero-order valence-electron chi connectivity index (χ0n) is 18.6. The maximum Gasteiger partial charge on any atom is 0.261 e. The molecule has 0 heterocycles. The number of rotatable bonds is 11. The van der Waals surface area contributed by atoms with Crippen LogP contribution in [0.4, 0.5) is 0 Å². The van der Waals surface area contributed by atoms with Crippen molar-refractivity contribution in [2.45, 2.75) is 52.2 Å². The molecule has 31 heavy (non-hydrogen) atoms. The molecule has 0 aliphatic carbocycles. The summed E-state index contributed by atoms with van der Waals surface area (Å²) in [5, 5.41) is 3.58. The fraction of sp³-hybridized carbons (Fsp3) is 0.417. The van der Waals surface area contributed by atoms with Crippen molar-refractivity contribution in [1.82, 2.24) is 10.2 Å². The Morgan fingerprint density at radius 3 is 2.39 bits per heavy atom. The van der Waals surface area contributed by atoms with Crippen LogP contribution in [0.3, 0.4) is 0 Å². The summed E-state index contributed by atoms with van der Waals surface area (Å²) in [6, 6.07) is 13.7. The van der Waals surface area contributed by atoms with Crippen LogP contribution in [0.25, 0.3) is 0 Å². The number of carbonyl (C=O) groups excluding carboxylic acids is 2. The van der Waals surface area contributed by atoms with E-state index in [4.69, 9.17) is 21.1 Å². The minimum Gasteiger partial charge on any atom is -0.497 e. The smallest absolute Gasteiger partial charge is 0.261 e. The summed E-state index contributed by atoms with van der Waals surface area (Å²) >= 11 is 5.90. The van der Waals surface area contributed by atoms with E-state index in [0.717, 1.165) is 12.0 Å². The highest BCUT2D eigenvalue weighted by molar-refractivity contribution is 6.30. The molecule has 0 saturated heterocycles. The third kappa shape index (κ3) is 7.47. The lowest BCUT2D eigenvalue weighted by molar-refractivity contribution is -0.143. The molecule has 2 rings (SSSR count). The van der Waals surface area contributed by atoms with Crippen LogP contribution in [0.2, 0.25) is 5.02 Å². The zero-order valence-corrected chi connectivity index (χ0v) is 19.3. The molecule has 6 nitrogen and oxygen atoms in total. The molecule has 2 amide bonds. The molecule has 2 aromatic rings. The Hall–Kier alpha value is -2.73. The highest BCUT2D eigenvalue weighted by Crippen LogP contribution is 2.19. The van der Waals surface area contributed by atoms with Gasteiger partial charge in [-0.2, -0.15) is 0 Å². The lowest BCUT2D eigenvalue weighted by Crippen LogP contribution is -2.51. The summed E-state index contributed by atoms with van der Waals surface area (Å²) in [5.41, 5.74) is 0.869. The van der Waals surface area contributed by atoms with Crippen molar-refractivity contribution in [2.24, 2.45) is 0 Å². The van der Waals surface area contributed by atoms with Crippen LogP contribution in [0.1, 0.15) is 39.2 Å². The largest absolute Gasteiger partial charge is 0.497 e. The predicted octanol–water partition coefficient (Wildman–Crippen LogP) is 4.45. The van der Waals surface area contributed by atoms with Crippen LogP contribution in [-0.2, 0) is 16.1 Å². The van der Waals surface area contributed by atoms with Gasteiger partial charge in [0.15, 0.2) is 6.61 Å². The van der Waals surface area contributed by atoms with Crippen LogP contribution >= 0.6 is 11.6 Å². The number of nitrogens with zero attached hydrogens (tertiary/aromatic N) is 1. The van der Waals surface area contributed by atoms with E-state index in [1.54, 1.807) is 36.3 Å². The highest BCUT2D eigenvalue weighted by atomic mass is 35.5. The van der Waals surface area contributed by atoms with Crippen molar-refractivity contribution >= 4 is 23.4 Å². The van der Waals surface area contributed by atoms with Gasteiger partial charge in [-0.1, -0.05) is 37.6 Å². The van der Waals surface area contributed by atoms with Crippen molar-refractivity contribution in [2.75, 3.05) is 13.7 Å². The van der Waals surface area contributed by atoms with Crippen molar-refractivity contribution in [3.63, 3.8) is 0 Å². The van der Waals surface area contributed by atoms with Gasteiger partial charge in [0.1, 0.15) is 17.5 Å². The fourth-order valence-corrected chi connectivity index (χ4v) is 3.21. The Morgan fingerprint density at radius 2 is 1.77 bits per heavy atom. The van der Waals surface area contributed by atoms with Gasteiger partial charge in [0.2, 0.25) is 5.91 Å². The first-order valence-corrected chi connectivity index (χ1v) is 10.9. The Morgan fingerprint density at radius 1 is 1.06 bits per heavy atom. The molecule has 0 spiro atoms. The van der Waals surface area contributed by atoms with Gasteiger partial charge < -0.3 is 19.7 Å². The fourth-order valence-electron chi connectivity index (χ4n) is 3.09. The highest BCUT2D eigenvalue weighted by Gasteiger charge is 2.29. The Balaban J connectivity index is 2.22. The maximum absolute atomic E-state index is 13.2. The van der Waals surface area contributed by atoms with Crippen molar-refractivity contribution in [1.29, 1.82) is 0 Å². The average molecular weight is 447 g/mol. The monoisotopic (exact) mass is 446 g/mol. The first-order valence-electron chi connectivity index (χ1n) is 10.5. The predicted molar refractivity (Wildman–Crippen MR) is 122 cm³/mol. The SMILES string of the molecule is CC[C@@H](C)NC(=O)[C@@H](CC)N(Cc1cccc(OC)c1)C(=O)COc1ccc(Cl)cc1. The topological polar surface area (TPSA) is 67.9 Å². The number of hydrogen-bond acceptors (Lipinski definition) is 4. The summed E-state index contributed by atoms with van der Waals surface area (Å²) in [5.74, 6) is 0.791. The molecular weight excluding hydrogens is 416 g/mol. The van der Waals surface area contributed by atoms with E-state index in [1.807, 2.05) is 45.0 Å². The van der Waals surface area contributed by atoms with Gasteiger partial charge in [-0.25, -0.2) is 0 Å². The lowest BCUT2D eigenvalue weighted by Gasteiger charge is -2.31. The van der Waals surface area contributed by atoms with Crippen LogP contribution < -0.4 is 14.8 Å². The van der Waals surface area contributed by atoms with E-state index in [1.165, 1.54) is 0 Å². The van der Waals surface area contributed by atoms with Gasteiger partial charge in [0, 0.05) is 17.6 Å². The van der Waals surface area contributed by atoms with Crippen LogP contribution in [0.5, 0.6) is 11.5 Å². The normalized spacial score (nSPS) is 12.5. The third-order valence-corrected chi connectivity index (χ3v) is 5.30. The van der Waals surface area contributed by atoms with Gasteiger partial charge in [-0.3, -0.25) is 9.59 Å². The maximum atomic E-state index is 13.2. The quantitative estimate of drug-likeness (QED) is 0.553. The Bertz CT molecular complexity index is 857. The molecular formula is C24H31ClN2O4. The second-order valence-electron chi connectivity index (χ2n) is 7.36. The van der Waals surface area contributed by atoms with Crippen LogP contribution in [-0.4, -0.2) is 42.5 Å². The first kappa shape index (κ1) is 24.5. The second-order valence-corrected chi connectivity index (χ2v) is 7.79. The van der Waals surface area contributed by atoms with E-state index in [0.29, 0.717) is 22.9 Å². The lowest BCUT2D eigenvalue weighted by atomic mass is 10.1. The molecule has 0 aliphatic rings. The molecule has 0 bridgehead atoms. The summed E-state index contributed by atoms with van der Waals surface area (Å²) in [7, 11) is 1.59. The minimum atomic E-state index is -0.610. The van der Waals surface area contributed by atoms with E-state index in [9.17, 15) is 9.59 Å². The van der Waals surface area contributed by atoms with Crippen molar-refractivity contribution < 1.29 is 19.1 Å². The van der Waals surface area contributed by atoms with E-state index < -0.39 is 6.04 Å². The third-order valence-electron chi connectivity index (χ3n) is 5.05. The molecule has 7 heteroatoms. The van der Waals surface area contributed by atoms with Gasteiger partial charge >= 0.3 is 0 Å². The van der Waals surface area contributed by atoms with Gasteiger partial charge in [-0.05, 0) is 61.7 Å². The van der Waals surface area contributed by atoms with Crippen LogP contribution in [0, 0.1) is 0 Å². The number of nitrogens with one attached hydrogen (secondary N) is 1. The number of benzene rings is 2. The van der Waals surface area contributed by atoms with Crippen LogP contribution in [0.15, 0.2) is 48.5 Å². The summed E-state index contributed by atoms with van der Waals surface area (Å²) < 4.78 is 11.0. The van der Waals surface area contributed by atoms with E-state index in [2.05, 4.69) is 5.32 Å². The number of amides is 2. The number of hydrogen-bond donors (Lipinski definition) is 1. The van der Waals surface area contributed by atoms with E-state index >= 15 is 0 Å². The molecule has 1 N–H and O–H groups in total. The minimum absolute atomic E-state index is 0.0284. The molecule has 0 saturated carbocycles. The van der Waals surface area contributed by atoms with E-state index in [-0.39, 0.29) is 31.0 Å². The molecule has 0 aliphatic heterocycles. The van der Waals surface area contributed by atoms with Crippen molar-refractivity contribution in [3.05, 3.63) is 59.1 Å². The number of halogens is 1. The van der Waals surface area contributed by atoms with Gasteiger partial charge in [0.25, 0.3) is 5.91 Å². The molecule has 0 radical (unpaired) electrons. The second kappa shape index (κ2) is 12.2. The molecule has 168 valence electrons. The standard InChI is InChI=1S/C24H31ClN2O4/c1-5-17(3)26-24(29)22(6-2)27(15-18-8-7-9-21(14-18)30-4)23(28)16-31-20-12-10-19(25)11-13-20/h7-14,17,22H,5-6,15-16H2,1-4H3,(H,26,29)/t17-,22-/m1/s1. The van der Waals surface area contributed by atoms with Gasteiger partial charge in [0.05, 0.1) is 7.11 Å². The van der Waals surface area contributed by atoms with Gasteiger partial charge in [-0.15, -0.1) is 0 Å². The summed E-state index contributed by atoms with van der Waals surface area (Å²) in [6.07, 6.45) is 1.30. The Labute approximate surface area is 189 Å². The summed E-state index contributed by atoms with van der Waals surface area (Å²) in [6.45, 7) is 5.94. The zero-order chi connectivity index (χ0) is 22.8.